The fourth-order valence-electron chi connectivity index (χ4n) is 6.32. The summed E-state index contributed by atoms with van der Waals surface area (Å²) in [4.78, 5) is 0. The summed E-state index contributed by atoms with van der Waals surface area (Å²) in [5, 5.41) is 0. The van der Waals surface area contributed by atoms with Gasteiger partial charge in [0.25, 0.3) is 0 Å². The average Bonchev–Trinajstić information content (AvgIpc) is 2.93. The van der Waals surface area contributed by atoms with Crippen LogP contribution in [0, 0.1) is 46.8 Å². The monoisotopic (exact) mass is 650 g/mol. The van der Waals surface area contributed by atoms with Gasteiger partial charge >= 0.3 is 12.5 Å². The molecule has 45 heavy (non-hydrogen) atoms. The Hall–Kier alpha value is -3.64. The quantitative estimate of drug-likeness (QED) is 0.227. The molecule has 1 atom stereocenters. The Morgan fingerprint density at radius 3 is 1.93 bits per heavy atom. The van der Waals surface area contributed by atoms with Gasteiger partial charge in [0.1, 0.15) is 34.5 Å². The van der Waals surface area contributed by atoms with Gasteiger partial charge in [-0.3, -0.25) is 0 Å². The van der Waals surface area contributed by atoms with Gasteiger partial charge in [0, 0.05) is 17.7 Å². The molecule has 3 nitrogen and oxygen atoms in total. The third-order valence-electron chi connectivity index (χ3n) is 8.42. The maximum absolute atomic E-state index is 15.2. The van der Waals surface area contributed by atoms with Crippen LogP contribution in [-0.4, -0.2) is 13.0 Å². The van der Waals surface area contributed by atoms with Crippen LogP contribution in [0.4, 0.5) is 43.9 Å². The van der Waals surface area contributed by atoms with Gasteiger partial charge in [-0.1, -0.05) is 32.6 Å². The van der Waals surface area contributed by atoms with Crippen LogP contribution in [0.15, 0.2) is 36.4 Å². The number of rotatable bonds is 8. The minimum Gasteiger partial charge on any atom is -0.493 e. The Kier molecular flexibility index (Phi) is 9.19. The number of fused-ring (bicyclic) bond motifs is 1. The van der Waals surface area contributed by atoms with Crippen LogP contribution in [-0.2, 0) is 12.5 Å². The molecule has 0 radical (unpaired) electrons. The van der Waals surface area contributed by atoms with Gasteiger partial charge in [0.2, 0.25) is 5.75 Å². The second-order valence-corrected chi connectivity index (χ2v) is 11.5. The van der Waals surface area contributed by atoms with E-state index in [0.29, 0.717) is 42.4 Å². The molecule has 0 unspecified atom stereocenters. The predicted molar refractivity (Wildman–Crippen MR) is 142 cm³/mol. The second-order valence-electron chi connectivity index (χ2n) is 11.5. The van der Waals surface area contributed by atoms with E-state index in [2.05, 4.69) is 16.4 Å². The highest BCUT2D eigenvalue weighted by Gasteiger charge is 2.42. The normalized spacial score (nSPS) is 20.4. The van der Waals surface area contributed by atoms with Gasteiger partial charge in [-0.25, -0.2) is 22.0 Å². The van der Waals surface area contributed by atoms with Crippen LogP contribution in [0.3, 0.4) is 0 Å². The van der Waals surface area contributed by atoms with Crippen molar-refractivity contribution in [1.82, 2.24) is 0 Å². The molecule has 1 fully saturated rings. The molecule has 5 rings (SSSR count). The van der Waals surface area contributed by atoms with E-state index in [1.165, 1.54) is 18.6 Å². The molecule has 13 heteroatoms. The number of benzene rings is 3. The highest BCUT2D eigenvalue weighted by atomic mass is 19.4. The van der Waals surface area contributed by atoms with Crippen molar-refractivity contribution >= 4 is 0 Å². The fourth-order valence-corrected chi connectivity index (χ4v) is 6.32. The Morgan fingerprint density at radius 1 is 0.733 bits per heavy atom. The molecule has 1 saturated carbocycles. The number of halogens is 10. The number of hydrogen-bond donors (Lipinski definition) is 0. The minimum absolute atomic E-state index is 0.0767. The van der Waals surface area contributed by atoms with E-state index in [-0.39, 0.29) is 23.6 Å². The molecular formula is C32H28F10O3. The molecule has 0 spiro atoms. The van der Waals surface area contributed by atoms with Crippen LogP contribution >= 0.6 is 0 Å². The predicted octanol–water partition coefficient (Wildman–Crippen LogP) is 10.2. The molecule has 3 aromatic rings. The van der Waals surface area contributed by atoms with E-state index >= 15 is 4.39 Å². The Labute approximate surface area is 252 Å². The molecule has 3 aromatic carbocycles. The molecule has 1 aliphatic heterocycles. The van der Waals surface area contributed by atoms with E-state index in [0.717, 1.165) is 38.0 Å². The van der Waals surface area contributed by atoms with E-state index in [1.807, 2.05) is 0 Å². The molecular weight excluding hydrogens is 622 g/mol. The highest BCUT2D eigenvalue weighted by molar-refractivity contribution is 5.68. The average molecular weight is 651 g/mol. The van der Waals surface area contributed by atoms with Crippen LogP contribution in [0.25, 0.3) is 11.1 Å². The SMILES string of the molecule is CCCC1CCC([C@@H]2COc3cc(-c4cc(F)c(C(F)(F)Oc5cc(F)c(OC(F)(F)F)c(F)c5)c(F)c4)c(F)cc3C2)CC1. The Morgan fingerprint density at radius 2 is 1.36 bits per heavy atom. The molecule has 244 valence electrons. The first-order chi connectivity index (χ1) is 21.1. The van der Waals surface area contributed by atoms with Gasteiger partial charge in [-0.15, -0.1) is 13.2 Å². The lowest BCUT2D eigenvalue weighted by molar-refractivity contribution is -0.276. The summed E-state index contributed by atoms with van der Waals surface area (Å²) in [5.74, 6) is -10.4. The van der Waals surface area contributed by atoms with Crippen molar-refractivity contribution in [3.63, 3.8) is 0 Å². The summed E-state index contributed by atoms with van der Waals surface area (Å²) < 4.78 is 153. The Bertz CT molecular complexity index is 1500. The third-order valence-corrected chi connectivity index (χ3v) is 8.42. The third kappa shape index (κ3) is 7.27. The molecule has 0 aromatic heterocycles. The van der Waals surface area contributed by atoms with E-state index < -0.39 is 64.2 Å². The maximum Gasteiger partial charge on any atom is 0.573 e. The Balaban J connectivity index is 1.34. The van der Waals surface area contributed by atoms with E-state index in [9.17, 15) is 39.5 Å². The van der Waals surface area contributed by atoms with Crippen LogP contribution in [0.2, 0.25) is 0 Å². The highest BCUT2D eigenvalue weighted by Crippen LogP contribution is 2.43. The first kappa shape index (κ1) is 32.7. The van der Waals surface area contributed by atoms with Gasteiger partial charge in [-0.05, 0) is 72.4 Å². The lowest BCUT2D eigenvalue weighted by Gasteiger charge is -2.36. The van der Waals surface area contributed by atoms with Crippen molar-refractivity contribution in [3.05, 3.63) is 76.6 Å². The van der Waals surface area contributed by atoms with Crippen LogP contribution in [0.1, 0.15) is 56.6 Å². The van der Waals surface area contributed by atoms with Crippen molar-refractivity contribution < 1.29 is 58.1 Å². The van der Waals surface area contributed by atoms with Crippen molar-refractivity contribution in [2.75, 3.05) is 6.61 Å². The van der Waals surface area contributed by atoms with Crippen LogP contribution < -0.4 is 14.2 Å². The lowest BCUT2D eigenvalue weighted by Crippen LogP contribution is -2.31. The number of ether oxygens (including phenoxy) is 3. The van der Waals surface area contributed by atoms with Crippen molar-refractivity contribution in [3.8, 4) is 28.4 Å². The molecule has 0 bridgehead atoms. The van der Waals surface area contributed by atoms with Crippen molar-refractivity contribution in [1.29, 1.82) is 0 Å². The molecule has 0 saturated heterocycles. The topological polar surface area (TPSA) is 27.7 Å². The summed E-state index contributed by atoms with van der Waals surface area (Å²) in [6.45, 7) is 2.55. The van der Waals surface area contributed by atoms with Crippen molar-refractivity contribution in [2.24, 2.45) is 17.8 Å². The summed E-state index contributed by atoms with van der Waals surface area (Å²) in [7, 11) is 0. The van der Waals surface area contributed by atoms with Crippen molar-refractivity contribution in [2.45, 2.75) is 64.3 Å². The zero-order chi connectivity index (χ0) is 32.7. The standard InChI is InChI=1S/C32H28F10O3/c1-2-3-16-4-6-17(7-5-16)20-8-19-11-23(33)22(14-28(19)43-15-20)18-9-24(34)29(25(35)10-18)31(38,39)44-21-12-26(36)30(27(37)13-21)45-32(40,41)42/h9-14,16-17,20H,2-8,15H2,1H3/t16?,17?,20-/m0/s1. The second kappa shape index (κ2) is 12.6. The van der Waals surface area contributed by atoms with E-state index in [4.69, 9.17) is 4.74 Å². The molecule has 0 N–H and O–H groups in total. The maximum atomic E-state index is 15.2. The minimum atomic E-state index is -5.50. The van der Waals surface area contributed by atoms with Gasteiger partial charge in [-0.2, -0.15) is 8.78 Å². The summed E-state index contributed by atoms with van der Waals surface area (Å²) in [5.41, 5.74) is -2.14. The fraction of sp³-hybridized carbons (Fsp3) is 0.438. The number of alkyl halides is 5. The number of hydrogen-bond acceptors (Lipinski definition) is 3. The van der Waals surface area contributed by atoms with E-state index in [1.54, 1.807) is 0 Å². The molecule has 0 amide bonds. The van der Waals surface area contributed by atoms with Crippen LogP contribution in [0.5, 0.6) is 17.2 Å². The van der Waals surface area contributed by atoms with Gasteiger partial charge < -0.3 is 14.2 Å². The first-order valence-electron chi connectivity index (χ1n) is 14.4. The molecule has 1 aliphatic carbocycles. The largest absolute Gasteiger partial charge is 0.573 e. The zero-order valence-electron chi connectivity index (χ0n) is 23.9. The van der Waals surface area contributed by atoms with Gasteiger partial charge in [0.15, 0.2) is 11.6 Å². The summed E-state index contributed by atoms with van der Waals surface area (Å²) in [6, 6.07) is 3.16. The molecule has 2 aliphatic rings. The summed E-state index contributed by atoms with van der Waals surface area (Å²) in [6.07, 6.45) is -3.08. The molecule has 1 heterocycles. The smallest absolute Gasteiger partial charge is 0.493 e. The lowest BCUT2D eigenvalue weighted by atomic mass is 9.72. The van der Waals surface area contributed by atoms with Gasteiger partial charge in [0.05, 0.1) is 6.61 Å². The first-order valence-corrected chi connectivity index (χ1v) is 14.4. The summed E-state index contributed by atoms with van der Waals surface area (Å²) >= 11 is 0. The zero-order valence-corrected chi connectivity index (χ0v) is 23.9.